The number of anilines is 1. The first-order valence-electron chi connectivity index (χ1n) is 11.2. The van der Waals surface area contributed by atoms with Gasteiger partial charge in [-0.1, -0.05) is 63.1 Å². The van der Waals surface area contributed by atoms with Gasteiger partial charge in [0.1, 0.15) is 12.6 Å². The summed E-state index contributed by atoms with van der Waals surface area (Å²) in [5.41, 5.74) is 2.63. The molecule has 0 aliphatic heterocycles. The average Bonchev–Trinajstić information content (AvgIpc) is 2.66. The van der Waals surface area contributed by atoms with Crippen molar-refractivity contribution in [3.63, 3.8) is 0 Å². The van der Waals surface area contributed by atoms with Crippen LogP contribution in [0.1, 0.15) is 38.8 Å². The lowest BCUT2D eigenvalue weighted by Gasteiger charge is -2.30. The van der Waals surface area contributed by atoms with Gasteiger partial charge >= 0.3 is 0 Å². The lowest BCUT2D eigenvalue weighted by molar-refractivity contribution is -0.909. The molecule has 0 heterocycles. The highest BCUT2D eigenvalue weighted by atomic mass is 35.5. The lowest BCUT2D eigenvalue weighted by Crippen LogP contribution is -3.14. The Morgan fingerprint density at radius 2 is 1.25 bits per heavy atom. The molecular formula is C25H39ClN2O3S. The monoisotopic (exact) mass is 482 g/mol. The van der Waals surface area contributed by atoms with Crippen LogP contribution in [-0.4, -0.2) is 45.8 Å². The van der Waals surface area contributed by atoms with Gasteiger partial charge in [-0.3, -0.25) is 4.31 Å². The highest BCUT2D eigenvalue weighted by molar-refractivity contribution is 7.92. The van der Waals surface area contributed by atoms with Crippen LogP contribution in [0.25, 0.3) is 0 Å². The molecule has 2 N–H and O–H groups in total. The summed E-state index contributed by atoms with van der Waals surface area (Å²) in [5, 5.41) is 11.0. The zero-order chi connectivity index (χ0) is 23.2. The van der Waals surface area contributed by atoms with E-state index >= 15 is 0 Å². The number of aryl methyl sites for hydroxylation is 2. The summed E-state index contributed by atoms with van der Waals surface area (Å²) in [6.07, 6.45) is -0.769. The smallest absolute Gasteiger partial charge is 0.264 e. The largest absolute Gasteiger partial charge is 1.00 e. The van der Waals surface area contributed by atoms with Gasteiger partial charge in [0.15, 0.2) is 0 Å². The molecule has 32 heavy (non-hydrogen) atoms. The minimum absolute atomic E-state index is 0. The molecule has 0 bridgehead atoms. The van der Waals surface area contributed by atoms with E-state index in [1.54, 1.807) is 36.4 Å². The van der Waals surface area contributed by atoms with Crippen LogP contribution < -0.4 is 21.6 Å². The van der Waals surface area contributed by atoms with Crippen molar-refractivity contribution in [3.05, 3.63) is 59.7 Å². The maximum atomic E-state index is 13.5. The van der Waals surface area contributed by atoms with Gasteiger partial charge < -0.3 is 22.4 Å². The first kappa shape index (κ1) is 28.4. The van der Waals surface area contributed by atoms with Crippen molar-refractivity contribution in [2.24, 2.45) is 11.8 Å². The van der Waals surface area contributed by atoms with Crippen LogP contribution in [0, 0.1) is 25.7 Å². The Balaban J connectivity index is 0.00000512. The fourth-order valence-corrected chi connectivity index (χ4v) is 5.39. The number of nitrogens with one attached hydrogen (secondary N) is 1. The maximum absolute atomic E-state index is 13.5. The predicted octanol–water partition coefficient (Wildman–Crippen LogP) is 0.0605. The zero-order valence-corrected chi connectivity index (χ0v) is 21.7. The summed E-state index contributed by atoms with van der Waals surface area (Å²) < 4.78 is 28.4. The van der Waals surface area contributed by atoms with Gasteiger partial charge in [0, 0.05) is 11.8 Å². The van der Waals surface area contributed by atoms with E-state index in [4.69, 9.17) is 0 Å². The van der Waals surface area contributed by atoms with Gasteiger partial charge in [0.25, 0.3) is 10.0 Å². The Morgan fingerprint density at radius 1 is 0.812 bits per heavy atom. The number of hydrogen-bond acceptors (Lipinski definition) is 3. The lowest BCUT2D eigenvalue weighted by atomic mass is 10.1. The molecule has 0 aliphatic carbocycles. The molecule has 0 amide bonds. The number of quaternary nitrogens is 1. The number of sulfonamides is 1. The summed E-state index contributed by atoms with van der Waals surface area (Å²) in [6, 6.07) is 14.3. The molecular weight excluding hydrogens is 444 g/mol. The van der Waals surface area contributed by atoms with Crippen LogP contribution in [0.5, 0.6) is 0 Å². The van der Waals surface area contributed by atoms with Gasteiger partial charge in [-0.25, -0.2) is 8.42 Å². The molecule has 0 radical (unpaired) electrons. The SMILES string of the molecule is Cc1ccc(N(CC(O)C[NH+](CC(C)C)CC(C)C)S(=O)(=O)c2ccc(C)cc2)cc1.[Cl-]. The van der Waals surface area contributed by atoms with Gasteiger partial charge in [-0.2, -0.15) is 0 Å². The highest BCUT2D eigenvalue weighted by Gasteiger charge is 2.29. The summed E-state index contributed by atoms with van der Waals surface area (Å²) in [7, 11) is -3.80. The molecule has 0 aliphatic rings. The molecule has 5 nitrogen and oxygen atoms in total. The van der Waals surface area contributed by atoms with E-state index in [0.717, 1.165) is 24.2 Å². The second kappa shape index (κ2) is 12.6. The van der Waals surface area contributed by atoms with E-state index in [1.165, 1.54) is 9.21 Å². The second-order valence-electron chi connectivity index (χ2n) is 9.49. The van der Waals surface area contributed by atoms with Gasteiger partial charge in [-0.05, 0) is 38.1 Å². The third-order valence-electron chi connectivity index (χ3n) is 5.23. The quantitative estimate of drug-likeness (QED) is 0.476. The molecule has 0 saturated heterocycles. The Labute approximate surface area is 200 Å². The van der Waals surface area contributed by atoms with Crippen LogP contribution in [0.3, 0.4) is 0 Å². The summed E-state index contributed by atoms with van der Waals surface area (Å²) in [6.45, 7) is 15.0. The van der Waals surface area contributed by atoms with Crippen molar-refractivity contribution in [2.45, 2.75) is 52.5 Å². The molecule has 1 unspecified atom stereocenters. The van der Waals surface area contributed by atoms with Crippen molar-refractivity contribution in [3.8, 4) is 0 Å². The van der Waals surface area contributed by atoms with E-state index < -0.39 is 16.1 Å². The van der Waals surface area contributed by atoms with Crippen molar-refractivity contribution in [1.29, 1.82) is 0 Å². The molecule has 7 heteroatoms. The van der Waals surface area contributed by atoms with E-state index in [-0.39, 0.29) is 23.8 Å². The molecule has 2 rings (SSSR count). The predicted molar refractivity (Wildman–Crippen MR) is 128 cm³/mol. The average molecular weight is 483 g/mol. The Bertz CT molecular complexity index is 903. The number of nitrogens with zero attached hydrogens (tertiary/aromatic N) is 1. The Kier molecular flexibility index (Phi) is 11.2. The molecule has 1 atom stereocenters. The van der Waals surface area contributed by atoms with Crippen LogP contribution >= 0.6 is 0 Å². The number of aliphatic hydroxyl groups excluding tert-OH is 1. The summed E-state index contributed by atoms with van der Waals surface area (Å²) in [5.74, 6) is 1.01. The van der Waals surface area contributed by atoms with E-state index in [1.807, 2.05) is 26.0 Å². The minimum Gasteiger partial charge on any atom is -1.00 e. The fourth-order valence-electron chi connectivity index (χ4n) is 3.88. The van der Waals surface area contributed by atoms with Crippen molar-refractivity contribution < 1.29 is 30.8 Å². The zero-order valence-electron chi connectivity index (χ0n) is 20.2. The second-order valence-corrected chi connectivity index (χ2v) is 11.4. The molecule has 0 aromatic heterocycles. The fraction of sp³-hybridized carbons (Fsp3) is 0.520. The van der Waals surface area contributed by atoms with Crippen molar-refractivity contribution in [2.75, 3.05) is 30.5 Å². The van der Waals surface area contributed by atoms with Gasteiger partial charge in [0.05, 0.1) is 30.2 Å². The van der Waals surface area contributed by atoms with Crippen LogP contribution in [0.15, 0.2) is 53.4 Å². The molecule has 0 fully saturated rings. The van der Waals surface area contributed by atoms with Crippen molar-refractivity contribution in [1.82, 2.24) is 0 Å². The first-order valence-corrected chi connectivity index (χ1v) is 12.6. The first-order chi connectivity index (χ1) is 14.5. The number of halogens is 1. The molecule has 2 aromatic rings. The van der Waals surface area contributed by atoms with E-state index in [0.29, 0.717) is 24.1 Å². The molecule has 0 spiro atoms. The third-order valence-corrected chi connectivity index (χ3v) is 7.03. The maximum Gasteiger partial charge on any atom is 0.264 e. The Morgan fingerprint density at radius 3 is 1.69 bits per heavy atom. The number of benzene rings is 2. The highest BCUT2D eigenvalue weighted by Crippen LogP contribution is 2.24. The number of rotatable bonds is 11. The minimum atomic E-state index is -3.80. The van der Waals surface area contributed by atoms with E-state index in [9.17, 15) is 13.5 Å². The molecule has 2 aromatic carbocycles. The van der Waals surface area contributed by atoms with Gasteiger partial charge in [0.2, 0.25) is 0 Å². The molecule has 180 valence electrons. The normalized spacial score (nSPS) is 12.8. The summed E-state index contributed by atoms with van der Waals surface area (Å²) >= 11 is 0. The van der Waals surface area contributed by atoms with Gasteiger partial charge in [-0.15, -0.1) is 0 Å². The molecule has 0 saturated carbocycles. The number of hydrogen-bond donors (Lipinski definition) is 2. The summed E-state index contributed by atoms with van der Waals surface area (Å²) in [4.78, 5) is 1.54. The number of aliphatic hydroxyl groups is 1. The van der Waals surface area contributed by atoms with Crippen LogP contribution in [0.2, 0.25) is 0 Å². The van der Waals surface area contributed by atoms with Crippen molar-refractivity contribution >= 4 is 15.7 Å². The Hall–Kier alpha value is -1.60. The third kappa shape index (κ3) is 8.39. The van der Waals surface area contributed by atoms with Crippen LogP contribution in [0.4, 0.5) is 5.69 Å². The standard InChI is InChI=1S/C25H38N2O3S.ClH/c1-19(2)15-26(16-20(3)4)17-24(28)18-27(23-11-7-21(5)8-12-23)31(29,30)25-13-9-22(6)10-14-25;/h7-14,19-20,24,28H,15-18H2,1-6H3;1H. The topological polar surface area (TPSA) is 62.1 Å². The van der Waals surface area contributed by atoms with E-state index in [2.05, 4.69) is 27.7 Å². The van der Waals surface area contributed by atoms with Crippen LogP contribution in [-0.2, 0) is 10.0 Å².